The Kier molecular flexibility index (Phi) is 4.48. The van der Waals surface area contributed by atoms with E-state index >= 15 is 0 Å². The fourth-order valence-corrected chi connectivity index (χ4v) is 3.18. The minimum absolute atomic E-state index is 0.0506. The smallest absolute Gasteiger partial charge is 0.242 e. The Morgan fingerprint density at radius 2 is 1.92 bits per heavy atom. The molecule has 3 N–H and O–H groups in total. The number of anilines is 1. The molecule has 2 unspecified atom stereocenters. The topological polar surface area (TPSA) is 71.6 Å². The number of fused-ring (bicyclic) bond motifs is 1. The van der Waals surface area contributed by atoms with E-state index in [0.717, 1.165) is 5.56 Å². The van der Waals surface area contributed by atoms with Crippen molar-refractivity contribution in [2.24, 2.45) is 0 Å². The van der Waals surface area contributed by atoms with Gasteiger partial charge in [-0.25, -0.2) is 15.2 Å². The minimum atomic E-state index is -0.390. The molecule has 0 spiro atoms. The number of nitrogens with one attached hydrogen (secondary N) is 3. The van der Waals surface area contributed by atoms with Crippen LogP contribution in [-0.4, -0.2) is 25.2 Å². The first-order chi connectivity index (χ1) is 12.6. The Balaban J connectivity index is 1.40. The Labute approximate surface area is 150 Å². The highest BCUT2D eigenvalue weighted by Gasteiger charge is 2.30. The molecule has 2 aromatic carbocycles. The van der Waals surface area contributed by atoms with E-state index in [1.165, 1.54) is 6.07 Å². The summed E-state index contributed by atoms with van der Waals surface area (Å²) in [5.41, 5.74) is 8.31. The first-order valence-corrected chi connectivity index (χ1v) is 8.58. The number of hydrogen-bond donors (Lipinski definition) is 3. The molecule has 2 atom stereocenters. The van der Waals surface area contributed by atoms with Crippen LogP contribution in [0.15, 0.2) is 36.4 Å². The second-order valence-corrected chi connectivity index (χ2v) is 6.49. The fraction of sp³-hybridized carbons (Fsp3) is 0.316. The van der Waals surface area contributed by atoms with Crippen LogP contribution in [0.25, 0.3) is 0 Å². The quantitative estimate of drug-likeness (QED) is 0.787. The highest BCUT2D eigenvalue weighted by Crippen LogP contribution is 2.33. The van der Waals surface area contributed by atoms with Gasteiger partial charge in [-0.05, 0) is 42.7 Å². The van der Waals surface area contributed by atoms with Crippen LogP contribution < -0.4 is 25.6 Å². The number of halogens is 1. The van der Waals surface area contributed by atoms with Crippen molar-refractivity contribution in [2.45, 2.75) is 25.4 Å². The summed E-state index contributed by atoms with van der Waals surface area (Å²) < 4.78 is 24.4. The van der Waals surface area contributed by atoms with Crippen molar-refractivity contribution in [2.75, 3.05) is 18.5 Å². The molecule has 6 nitrogen and oxygen atoms in total. The summed E-state index contributed by atoms with van der Waals surface area (Å²) in [5.74, 6) is 0.941. The molecule has 0 aliphatic carbocycles. The molecule has 0 aromatic heterocycles. The molecule has 0 saturated carbocycles. The molecule has 7 heteroatoms. The van der Waals surface area contributed by atoms with E-state index in [1.807, 2.05) is 0 Å². The van der Waals surface area contributed by atoms with Crippen LogP contribution in [0.4, 0.5) is 10.1 Å². The molecule has 2 aromatic rings. The lowest BCUT2D eigenvalue weighted by molar-refractivity contribution is -0.117. The molecule has 26 heavy (non-hydrogen) atoms. The second-order valence-electron chi connectivity index (χ2n) is 6.49. The summed E-state index contributed by atoms with van der Waals surface area (Å²) in [6.07, 6.45) is 0.571. The van der Waals surface area contributed by atoms with Gasteiger partial charge in [0.05, 0.1) is 0 Å². The standard InChI is InChI=1S/C19H20FN3O3/c1-11-8-12(2-4-14(11)20)15-10-16(23-22-15)19(24)21-13-3-5-17-18(9-13)26-7-6-25-17/h2-5,8-9,15-16,22-23H,6-7,10H2,1H3,(H,21,24). The lowest BCUT2D eigenvalue weighted by Gasteiger charge is -2.19. The van der Waals surface area contributed by atoms with Crippen molar-refractivity contribution >= 4 is 11.6 Å². The number of hydrazine groups is 1. The molecular weight excluding hydrogens is 337 g/mol. The average Bonchev–Trinajstić information content (AvgIpc) is 3.14. The number of rotatable bonds is 3. The van der Waals surface area contributed by atoms with Gasteiger partial charge in [0.2, 0.25) is 5.91 Å². The number of amides is 1. The van der Waals surface area contributed by atoms with E-state index in [-0.39, 0.29) is 17.8 Å². The van der Waals surface area contributed by atoms with Gasteiger partial charge in [0.25, 0.3) is 0 Å². The van der Waals surface area contributed by atoms with Crippen LogP contribution in [0, 0.1) is 12.7 Å². The molecule has 2 aliphatic heterocycles. The number of ether oxygens (including phenoxy) is 2. The third kappa shape index (κ3) is 3.36. The molecule has 4 rings (SSSR count). The summed E-state index contributed by atoms with van der Waals surface area (Å²) in [4.78, 5) is 12.5. The Hall–Kier alpha value is -2.64. The third-order valence-electron chi connectivity index (χ3n) is 4.61. The monoisotopic (exact) mass is 357 g/mol. The Bertz CT molecular complexity index is 843. The van der Waals surface area contributed by atoms with Crippen molar-refractivity contribution < 1.29 is 18.7 Å². The van der Waals surface area contributed by atoms with E-state index in [2.05, 4.69) is 16.2 Å². The summed E-state index contributed by atoms with van der Waals surface area (Å²) in [6.45, 7) is 2.76. The van der Waals surface area contributed by atoms with Gasteiger partial charge in [0.15, 0.2) is 11.5 Å². The lowest BCUT2D eigenvalue weighted by atomic mass is 10.00. The molecule has 0 radical (unpaired) electrons. The normalized spacial score (nSPS) is 21.5. The van der Waals surface area contributed by atoms with Crippen LogP contribution >= 0.6 is 0 Å². The molecular formula is C19H20FN3O3. The third-order valence-corrected chi connectivity index (χ3v) is 4.61. The summed E-state index contributed by atoms with van der Waals surface area (Å²) >= 11 is 0. The molecule has 2 aliphatic rings. The average molecular weight is 357 g/mol. The van der Waals surface area contributed by atoms with E-state index in [4.69, 9.17) is 9.47 Å². The van der Waals surface area contributed by atoms with Gasteiger partial charge in [-0.15, -0.1) is 0 Å². The van der Waals surface area contributed by atoms with Gasteiger partial charge < -0.3 is 14.8 Å². The van der Waals surface area contributed by atoms with Gasteiger partial charge in [-0.1, -0.05) is 12.1 Å². The lowest BCUT2D eigenvalue weighted by Crippen LogP contribution is -2.39. The number of carbonyl (C=O) groups excluding carboxylic acids is 1. The maximum absolute atomic E-state index is 13.4. The van der Waals surface area contributed by atoms with Gasteiger partial charge >= 0.3 is 0 Å². The maximum atomic E-state index is 13.4. The van der Waals surface area contributed by atoms with Crippen LogP contribution in [-0.2, 0) is 4.79 Å². The summed E-state index contributed by atoms with van der Waals surface area (Å²) in [6, 6.07) is 9.88. The van der Waals surface area contributed by atoms with Crippen LogP contribution in [0.3, 0.4) is 0 Å². The SMILES string of the molecule is Cc1cc(C2CC(C(=O)Nc3ccc4c(c3)OCCO4)NN2)ccc1F. The number of hydrogen-bond acceptors (Lipinski definition) is 5. The Morgan fingerprint density at radius 3 is 2.73 bits per heavy atom. The van der Waals surface area contributed by atoms with Gasteiger partial charge in [-0.2, -0.15) is 0 Å². The van der Waals surface area contributed by atoms with Crippen molar-refractivity contribution in [3.05, 3.63) is 53.3 Å². The van der Waals surface area contributed by atoms with Crippen LogP contribution in [0.5, 0.6) is 11.5 Å². The second kappa shape index (κ2) is 6.93. The van der Waals surface area contributed by atoms with E-state index in [0.29, 0.717) is 42.4 Å². The molecule has 1 amide bonds. The van der Waals surface area contributed by atoms with E-state index < -0.39 is 6.04 Å². The fourth-order valence-electron chi connectivity index (χ4n) is 3.18. The molecule has 1 fully saturated rings. The van der Waals surface area contributed by atoms with Gasteiger partial charge in [0, 0.05) is 17.8 Å². The molecule has 1 saturated heterocycles. The predicted octanol–water partition coefficient (Wildman–Crippen LogP) is 2.45. The maximum Gasteiger partial charge on any atom is 0.242 e. The Morgan fingerprint density at radius 1 is 1.12 bits per heavy atom. The highest BCUT2D eigenvalue weighted by atomic mass is 19.1. The van der Waals surface area contributed by atoms with Gasteiger partial charge in [-0.3, -0.25) is 4.79 Å². The zero-order valence-corrected chi connectivity index (χ0v) is 14.3. The molecule has 0 bridgehead atoms. The highest BCUT2D eigenvalue weighted by molar-refractivity contribution is 5.95. The zero-order valence-electron chi connectivity index (χ0n) is 14.3. The number of aryl methyl sites for hydroxylation is 1. The summed E-state index contributed by atoms with van der Waals surface area (Å²) in [5, 5.41) is 2.89. The first-order valence-electron chi connectivity index (χ1n) is 8.58. The largest absolute Gasteiger partial charge is 0.486 e. The van der Waals surface area contributed by atoms with Crippen molar-refractivity contribution in [3.8, 4) is 11.5 Å². The van der Waals surface area contributed by atoms with Crippen molar-refractivity contribution in [1.29, 1.82) is 0 Å². The van der Waals surface area contributed by atoms with Crippen LogP contribution in [0.2, 0.25) is 0 Å². The summed E-state index contributed by atoms with van der Waals surface area (Å²) in [7, 11) is 0. The number of carbonyl (C=O) groups is 1. The van der Waals surface area contributed by atoms with Gasteiger partial charge in [0.1, 0.15) is 25.1 Å². The number of benzene rings is 2. The zero-order chi connectivity index (χ0) is 18.1. The first kappa shape index (κ1) is 16.8. The predicted molar refractivity (Wildman–Crippen MR) is 94.6 cm³/mol. The minimum Gasteiger partial charge on any atom is -0.486 e. The molecule has 2 heterocycles. The van der Waals surface area contributed by atoms with E-state index in [9.17, 15) is 9.18 Å². The van der Waals surface area contributed by atoms with Crippen molar-refractivity contribution in [1.82, 2.24) is 10.9 Å². The van der Waals surface area contributed by atoms with E-state index in [1.54, 1.807) is 37.3 Å². The molecule has 136 valence electrons. The van der Waals surface area contributed by atoms with Crippen molar-refractivity contribution in [3.63, 3.8) is 0 Å². The van der Waals surface area contributed by atoms with Crippen LogP contribution in [0.1, 0.15) is 23.6 Å².